The van der Waals surface area contributed by atoms with Crippen molar-refractivity contribution in [1.29, 1.82) is 5.26 Å². The highest BCUT2D eigenvalue weighted by Crippen LogP contribution is 2.22. The van der Waals surface area contributed by atoms with E-state index in [1.54, 1.807) is 18.2 Å². The van der Waals surface area contributed by atoms with E-state index in [0.29, 0.717) is 23.6 Å². The molecular formula is C10H8BrClN2O. The quantitative estimate of drug-likeness (QED) is 0.869. The van der Waals surface area contributed by atoms with Gasteiger partial charge in [-0.05, 0) is 34.1 Å². The van der Waals surface area contributed by atoms with E-state index in [-0.39, 0.29) is 5.91 Å². The van der Waals surface area contributed by atoms with E-state index in [1.807, 2.05) is 6.07 Å². The van der Waals surface area contributed by atoms with Gasteiger partial charge >= 0.3 is 0 Å². The van der Waals surface area contributed by atoms with Crippen LogP contribution in [0.5, 0.6) is 0 Å². The number of rotatable bonds is 3. The summed E-state index contributed by atoms with van der Waals surface area (Å²) in [5.74, 6) is -0.223. The first kappa shape index (κ1) is 12.0. The van der Waals surface area contributed by atoms with Crippen LogP contribution in [0.25, 0.3) is 0 Å². The van der Waals surface area contributed by atoms with Crippen LogP contribution in [0.4, 0.5) is 0 Å². The van der Waals surface area contributed by atoms with Crippen molar-refractivity contribution >= 4 is 33.4 Å². The lowest BCUT2D eigenvalue weighted by molar-refractivity contribution is 0.0954. The van der Waals surface area contributed by atoms with Gasteiger partial charge in [0.15, 0.2) is 0 Å². The molecule has 0 aliphatic heterocycles. The van der Waals surface area contributed by atoms with Gasteiger partial charge in [0, 0.05) is 16.6 Å². The van der Waals surface area contributed by atoms with Crippen LogP contribution in [-0.2, 0) is 0 Å². The molecule has 0 aliphatic carbocycles. The lowest BCUT2D eigenvalue weighted by Crippen LogP contribution is -2.24. The molecule has 0 saturated carbocycles. The summed E-state index contributed by atoms with van der Waals surface area (Å²) >= 11 is 9.08. The molecule has 0 unspecified atom stereocenters. The van der Waals surface area contributed by atoms with E-state index in [0.717, 1.165) is 4.47 Å². The number of benzene rings is 1. The van der Waals surface area contributed by atoms with Gasteiger partial charge in [-0.25, -0.2) is 0 Å². The zero-order valence-corrected chi connectivity index (χ0v) is 10.1. The molecule has 0 aromatic heterocycles. The molecule has 1 aromatic carbocycles. The molecule has 1 N–H and O–H groups in total. The summed E-state index contributed by atoms with van der Waals surface area (Å²) < 4.78 is 0.748. The average molecular weight is 288 g/mol. The number of hydrogen-bond donors (Lipinski definition) is 1. The smallest absolute Gasteiger partial charge is 0.251 e. The minimum atomic E-state index is -0.223. The summed E-state index contributed by atoms with van der Waals surface area (Å²) in [6.45, 7) is 0.350. The minimum Gasteiger partial charge on any atom is -0.351 e. The Kier molecular flexibility index (Phi) is 4.60. The second-order valence-corrected chi connectivity index (χ2v) is 4.05. The zero-order valence-electron chi connectivity index (χ0n) is 7.76. The van der Waals surface area contributed by atoms with E-state index in [9.17, 15) is 4.79 Å². The summed E-state index contributed by atoms with van der Waals surface area (Å²) in [5, 5.41) is 11.4. The number of nitrogens with one attached hydrogen (secondary N) is 1. The standard InChI is InChI=1S/C10H8BrClN2O/c11-8-3-2-7(6-9(8)12)10(15)14-5-1-4-13/h2-3,6H,1,5H2,(H,14,15). The van der Waals surface area contributed by atoms with Crippen LogP contribution in [-0.4, -0.2) is 12.5 Å². The maximum atomic E-state index is 11.5. The monoisotopic (exact) mass is 286 g/mol. The molecule has 78 valence electrons. The summed E-state index contributed by atoms with van der Waals surface area (Å²) in [7, 11) is 0. The topological polar surface area (TPSA) is 52.9 Å². The fourth-order valence-electron chi connectivity index (χ4n) is 0.971. The molecule has 0 atom stereocenters. The average Bonchev–Trinajstić information content (AvgIpc) is 2.22. The van der Waals surface area contributed by atoms with Crippen LogP contribution >= 0.6 is 27.5 Å². The largest absolute Gasteiger partial charge is 0.351 e. The fourth-order valence-corrected chi connectivity index (χ4v) is 1.40. The molecule has 0 aliphatic rings. The van der Waals surface area contributed by atoms with Crippen molar-refractivity contribution in [1.82, 2.24) is 5.32 Å². The third kappa shape index (κ3) is 3.54. The molecule has 0 spiro atoms. The Balaban J connectivity index is 2.67. The van der Waals surface area contributed by atoms with Crippen LogP contribution in [0.1, 0.15) is 16.8 Å². The van der Waals surface area contributed by atoms with Crippen LogP contribution in [0, 0.1) is 11.3 Å². The van der Waals surface area contributed by atoms with Crippen LogP contribution < -0.4 is 5.32 Å². The summed E-state index contributed by atoms with van der Waals surface area (Å²) in [5.41, 5.74) is 0.487. The number of hydrogen-bond acceptors (Lipinski definition) is 2. The van der Waals surface area contributed by atoms with Crippen LogP contribution in [0.2, 0.25) is 5.02 Å². The van der Waals surface area contributed by atoms with E-state index in [2.05, 4.69) is 21.2 Å². The van der Waals surface area contributed by atoms with Gasteiger partial charge in [0.2, 0.25) is 0 Å². The molecule has 1 aromatic rings. The zero-order chi connectivity index (χ0) is 11.3. The van der Waals surface area contributed by atoms with E-state index in [1.165, 1.54) is 0 Å². The fraction of sp³-hybridized carbons (Fsp3) is 0.200. The lowest BCUT2D eigenvalue weighted by Gasteiger charge is -2.03. The molecule has 0 heterocycles. The van der Waals surface area contributed by atoms with Crippen molar-refractivity contribution in [2.24, 2.45) is 0 Å². The van der Waals surface area contributed by atoms with E-state index >= 15 is 0 Å². The van der Waals surface area contributed by atoms with Gasteiger partial charge in [-0.1, -0.05) is 11.6 Å². The Hall–Kier alpha value is -1.05. The van der Waals surface area contributed by atoms with Gasteiger partial charge in [0.05, 0.1) is 17.5 Å². The normalized spacial score (nSPS) is 9.40. The van der Waals surface area contributed by atoms with Crippen molar-refractivity contribution in [2.45, 2.75) is 6.42 Å². The summed E-state index contributed by atoms with van der Waals surface area (Å²) in [6.07, 6.45) is 0.302. The highest BCUT2D eigenvalue weighted by molar-refractivity contribution is 9.10. The van der Waals surface area contributed by atoms with Gasteiger partial charge in [0.25, 0.3) is 5.91 Å². The maximum Gasteiger partial charge on any atom is 0.251 e. The minimum absolute atomic E-state index is 0.223. The molecule has 0 radical (unpaired) electrons. The number of nitriles is 1. The Bertz CT molecular complexity index is 414. The van der Waals surface area contributed by atoms with E-state index < -0.39 is 0 Å². The third-order valence-electron chi connectivity index (χ3n) is 1.70. The molecular weight excluding hydrogens is 279 g/mol. The first-order valence-corrected chi connectivity index (χ1v) is 5.42. The Morgan fingerprint density at radius 2 is 2.33 bits per heavy atom. The lowest BCUT2D eigenvalue weighted by atomic mass is 10.2. The van der Waals surface area contributed by atoms with Crippen molar-refractivity contribution < 1.29 is 4.79 Å². The molecule has 0 fully saturated rings. The predicted molar refractivity (Wildman–Crippen MR) is 61.7 cm³/mol. The van der Waals surface area contributed by atoms with Gasteiger partial charge < -0.3 is 5.32 Å². The first-order valence-electron chi connectivity index (χ1n) is 4.25. The molecule has 0 saturated heterocycles. The molecule has 3 nitrogen and oxygen atoms in total. The third-order valence-corrected chi connectivity index (χ3v) is 2.94. The predicted octanol–water partition coefficient (Wildman–Crippen LogP) is 2.75. The molecule has 1 rings (SSSR count). The Labute approximate surface area is 101 Å². The van der Waals surface area contributed by atoms with Gasteiger partial charge in [-0.2, -0.15) is 5.26 Å². The molecule has 0 bridgehead atoms. The number of nitrogens with zero attached hydrogens (tertiary/aromatic N) is 1. The highest BCUT2D eigenvalue weighted by Gasteiger charge is 2.06. The van der Waals surface area contributed by atoms with E-state index in [4.69, 9.17) is 16.9 Å². The number of carbonyl (C=O) groups is 1. The van der Waals surface area contributed by atoms with Crippen molar-refractivity contribution in [3.05, 3.63) is 33.3 Å². The second kappa shape index (κ2) is 5.74. The SMILES string of the molecule is N#CCCNC(=O)c1ccc(Br)c(Cl)c1. The second-order valence-electron chi connectivity index (χ2n) is 2.79. The molecule has 5 heteroatoms. The Morgan fingerprint density at radius 3 is 2.93 bits per heavy atom. The highest BCUT2D eigenvalue weighted by atomic mass is 79.9. The molecule has 15 heavy (non-hydrogen) atoms. The summed E-state index contributed by atoms with van der Waals surface area (Å²) in [6, 6.07) is 6.90. The van der Waals surface area contributed by atoms with Gasteiger partial charge in [-0.15, -0.1) is 0 Å². The van der Waals surface area contributed by atoms with Crippen LogP contribution in [0.3, 0.4) is 0 Å². The maximum absolute atomic E-state index is 11.5. The van der Waals surface area contributed by atoms with Gasteiger partial charge in [-0.3, -0.25) is 4.79 Å². The van der Waals surface area contributed by atoms with Crippen molar-refractivity contribution in [2.75, 3.05) is 6.54 Å². The summed E-state index contributed by atoms with van der Waals surface area (Å²) in [4.78, 5) is 11.5. The molecule has 1 amide bonds. The Morgan fingerprint density at radius 1 is 1.60 bits per heavy atom. The first-order chi connectivity index (χ1) is 7.15. The van der Waals surface area contributed by atoms with Crippen LogP contribution in [0.15, 0.2) is 22.7 Å². The van der Waals surface area contributed by atoms with Crippen molar-refractivity contribution in [3.8, 4) is 6.07 Å². The van der Waals surface area contributed by atoms with Gasteiger partial charge in [0.1, 0.15) is 0 Å². The number of carbonyl (C=O) groups excluding carboxylic acids is 1. The van der Waals surface area contributed by atoms with Crippen molar-refractivity contribution in [3.63, 3.8) is 0 Å². The number of halogens is 2. The number of amides is 1.